The minimum absolute atomic E-state index is 0.261. The first kappa shape index (κ1) is 10.3. The van der Waals surface area contributed by atoms with E-state index in [-0.39, 0.29) is 5.82 Å². The van der Waals surface area contributed by atoms with Gasteiger partial charge in [0.15, 0.2) is 0 Å². The van der Waals surface area contributed by atoms with Crippen molar-refractivity contribution in [2.24, 2.45) is 0 Å². The van der Waals surface area contributed by atoms with Gasteiger partial charge < -0.3 is 0 Å². The summed E-state index contributed by atoms with van der Waals surface area (Å²) in [6.45, 7) is 1.81. The average Bonchev–Trinajstić information content (AvgIpc) is 2.28. The molecule has 0 N–H and O–H groups in total. The first-order chi connectivity index (χ1) is 7.74. The average molecular weight is 212 g/mol. The molecule has 0 saturated heterocycles. The van der Waals surface area contributed by atoms with Gasteiger partial charge in [0.1, 0.15) is 17.3 Å². The summed E-state index contributed by atoms with van der Waals surface area (Å²) in [6.07, 6.45) is 1.66. The highest BCUT2D eigenvalue weighted by Gasteiger charge is 1.91. The molecule has 2 rings (SSSR count). The van der Waals surface area contributed by atoms with Crippen LogP contribution in [-0.2, 0) is 0 Å². The molecule has 2 aromatic rings. The SMILES string of the molecule is Cc1nccc(C#Cc2ccc(F)cc2)n1. The van der Waals surface area contributed by atoms with Crippen LogP contribution in [0.1, 0.15) is 17.1 Å². The van der Waals surface area contributed by atoms with Gasteiger partial charge in [-0.1, -0.05) is 5.92 Å². The molecule has 0 bridgehead atoms. The summed E-state index contributed by atoms with van der Waals surface area (Å²) in [4.78, 5) is 8.12. The number of rotatable bonds is 0. The van der Waals surface area contributed by atoms with E-state index in [1.165, 1.54) is 12.1 Å². The van der Waals surface area contributed by atoms with Crippen molar-refractivity contribution in [2.45, 2.75) is 6.92 Å². The molecule has 1 aromatic carbocycles. The van der Waals surface area contributed by atoms with Gasteiger partial charge >= 0.3 is 0 Å². The molecule has 0 atom stereocenters. The van der Waals surface area contributed by atoms with Crippen LogP contribution in [0.5, 0.6) is 0 Å². The number of aromatic nitrogens is 2. The van der Waals surface area contributed by atoms with Gasteiger partial charge in [-0.15, -0.1) is 0 Å². The third kappa shape index (κ3) is 2.64. The van der Waals surface area contributed by atoms with E-state index in [1.54, 1.807) is 24.4 Å². The molecule has 0 aliphatic rings. The number of hydrogen-bond acceptors (Lipinski definition) is 2. The minimum Gasteiger partial charge on any atom is -0.242 e. The zero-order valence-corrected chi connectivity index (χ0v) is 8.74. The number of nitrogens with zero attached hydrogens (tertiary/aromatic N) is 2. The van der Waals surface area contributed by atoms with E-state index in [4.69, 9.17) is 0 Å². The largest absolute Gasteiger partial charge is 0.242 e. The molecule has 16 heavy (non-hydrogen) atoms. The second-order valence-corrected chi connectivity index (χ2v) is 3.25. The monoisotopic (exact) mass is 212 g/mol. The van der Waals surface area contributed by atoms with E-state index in [2.05, 4.69) is 21.8 Å². The topological polar surface area (TPSA) is 25.8 Å². The van der Waals surface area contributed by atoms with Gasteiger partial charge in [0.2, 0.25) is 0 Å². The van der Waals surface area contributed by atoms with E-state index in [0.717, 1.165) is 5.56 Å². The number of halogens is 1. The lowest BCUT2D eigenvalue weighted by molar-refractivity contribution is 0.627. The fourth-order valence-corrected chi connectivity index (χ4v) is 1.20. The Hall–Kier alpha value is -2.21. The van der Waals surface area contributed by atoms with E-state index >= 15 is 0 Å². The Morgan fingerprint density at radius 3 is 2.50 bits per heavy atom. The van der Waals surface area contributed by atoms with Crippen molar-refractivity contribution < 1.29 is 4.39 Å². The fraction of sp³-hybridized carbons (Fsp3) is 0.0769. The quantitative estimate of drug-likeness (QED) is 0.626. The molecular formula is C13H9FN2. The van der Waals surface area contributed by atoms with E-state index < -0.39 is 0 Å². The van der Waals surface area contributed by atoms with Crippen LogP contribution in [-0.4, -0.2) is 9.97 Å². The summed E-state index contributed by atoms with van der Waals surface area (Å²) < 4.78 is 12.6. The Bertz CT molecular complexity index is 550. The number of benzene rings is 1. The highest BCUT2D eigenvalue weighted by Crippen LogP contribution is 2.01. The van der Waals surface area contributed by atoms with Crippen LogP contribution in [0.3, 0.4) is 0 Å². The third-order valence-corrected chi connectivity index (χ3v) is 1.96. The van der Waals surface area contributed by atoms with Crippen LogP contribution in [0, 0.1) is 24.6 Å². The smallest absolute Gasteiger partial charge is 0.126 e. The van der Waals surface area contributed by atoms with Crippen molar-refractivity contribution in [3.05, 3.63) is 59.4 Å². The summed E-state index contributed by atoms with van der Waals surface area (Å²) >= 11 is 0. The Morgan fingerprint density at radius 2 is 1.81 bits per heavy atom. The van der Waals surface area contributed by atoms with Gasteiger partial charge in [-0.25, -0.2) is 14.4 Å². The molecule has 0 unspecified atom stereocenters. The normalized spacial score (nSPS) is 9.38. The summed E-state index contributed by atoms with van der Waals surface area (Å²) in [5.41, 5.74) is 1.43. The Morgan fingerprint density at radius 1 is 1.06 bits per heavy atom. The van der Waals surface area contributed by atoms with Gasteiger partial charge in [-0.3, -0.25) is 0 Å². The molecule has 0 fully saturated rings. The molecule has 0 aliphatic heterocycles. The minimum atomic E-state index is -0.261. The van der Waals surface area contributed by atoms with Gasteiger partial charge in [-0.2, -0.15) is 0 Å². The summed E-state index contributed by atoms with van der Waals surface area (Å²) in [6, 6.07) is 7.78. The van der Waals surface area contributed by atoms with Crippen LogP contribution in [0.4, 0.5) is 4.39 Å². The first-order valence-electron chi connectivity index (χ1n) is 4.81. The maximum Gasteiger partial charge on any atom is 0.126 e. The van der Waals surface area contributed by atoms with E-state index in [9.17, 15) is 4.39 Å². The molecule has 2 nitrogen and oxygen atoms in total. The van der Waals surface area contributed by atoms with Crippen LogP contribution in [0.2, 0.25) is 0 Å². The maximum absolute atomic E-state index is 12.6. The predicted molar refractivity (Wildman–Crippen MR) is 59.1 cm³/mol. The molecular weight excluding hydrogens is 203 g/mol. The lowest BCUT2D eigenvalue weighted by Gasteiger charge is -1.91. The van der Waals surface area contributed by atoms with Gasteiger partial charge in [0.25, 0.3) is 0 Å². The second-order valence-electron chi connectivity index (χ2n) is 3.25. The van der Waals surface area contributed by atoms with Crippen LogP contribution >= 0.6 is 0 Å². The van der Waals surface area contributed by atoms with Crippen molar-refractivity contribution in [3.8, 4) is 11.8 Å². The van der Waals surface area contributed by atoms with Crippen molar-refractivity contribution in [2.75, 3.05) is 0 Å². The van der Waals surface area contributed by atoms with E-state index in [1.807, 2.05) is 6.92 Å². The molecule has 0 spiro atoms. The first-order valence-corrected chi connectivity index (χ1v) is 4.81. The van der Waals surface area contributed by atoms with Crippen molar-refractivity contribution >= 4 is 0 Å². The second kappa shape index (κ2) is 4.54. The van der Waals surface area contributed by atoms with E-state index in [0.29, 0.717) is 11.5 Å². The zero-order valence-electron chi connectivity index (χ0n) is 8.74. The van der Waals surface area contributed by atoms with Crippen LogP contribution in [0.25, 0.3) is 0 Å². The summed E-state index contributed by atoms with van der Waals surface area (Å²) in [5, 5.41) is 0. The molecule has 0 radical (unpaired) electrons. The zero-order chi connectivity index (χ0) is 11.4. The molecule has 0 amide bonds. The Balaban J connectivity index is 2.25. The van der Waals surface area contributed by atoms with Crippen LogP contribution in [0.15, 0.2) is 36.5 Å². The Labute approximate surface area is 93.2 Å². The standard InChI is InChI=1S/C13H9FN2/c1-10-15-9-8-13(16-10)7-4-11-2-5-12(14)6-3-11/h2-3,5-6,8-9H,1H3. The number of hydrogen-bond donors (Lipinski definition) is 0. The van der Waals surface area contributed by atoms with Crippen molar-refractivity contribution in [1.29, 1.82) is 0 Å². The summed E-state index contributed by atoms with van der Waals surface area (Å²) in [7, 11) is 0. The lowest BCUT2D eigenvalue weighted by Crippen LogP contribution is -1.89. The predicted octanol–water partition coefficient (Wildman–Crippen LogP) is 2.32. The highest BCUT2D eigenvalue weighted by atomic mass is 19.1. The number of aryl methyl sites for hydroxylation is 1. The highest BCUT2D eigenvalue weighted by molar-refractivity contribution is 5.39. The molecule has 1 heterocycles. The van der Waals surface area contributed by atoms with Crippen molar-refractivity contribution in [3.63, 3.8) is 0 Å². The fourth-order valence-electron chi connectivity index (χ4n) is 1.20. The maximum atomic E-state index is 12.6. The van der Waals surface area contributed by atoms with Gasteiger partial charge in [0.05, 0.1) is 0 Å². The molecule has 3 heteroatoms. The molecule has 78 valence electrons. The molecule has 1 aromatic heterocycles. The van der Waals surface area contributed by atoms with Crippen molar-refractivity contribution in [1.82, 2.24) is 9.97 Å². The summed E-state index contributed by atoms with van der Waals surface area (Å²) in [5.74, 6) is 6.23. The lowest BCUT2D eigenvalue weighted by atomic mass is 10.2. The third-order valence-electron chi connectivity index (χ3n) is 1.96. The van der Waals surface area contributed by atoms with Gasteiger partial charge in [-0.05, 0) is 43.2 Å². The molecule has 0 saturated carbocycles. The van der Waals surface area contributed by atoms with Crippen LogP contribution < -0.4 is 0 Å². The van der Waals surface area contributed by atoms with Gasteiger partial charge in [0, 0.05) is 11.8 Å². The Kier molecular flexibility index (Phi) is 2.93. The molecule has 0 aliphatic carbocycles.